The molecular formula is C20H24N4O. The van der Waals surface area contributed by atoms with Gasteiger partial charge in [-0.05, 0) is 36.1 Å². The third kappa shape index (κ3) is 4.36. The summed E-state index contributed by atoms with van der Waals surface area (Å²) in [5.74, 6) is 0. The van der Waals surface area contributed by atoms with Crippen LogP contribution in [-0.4, -0.2) is 40.0 Å². The van der Waals surface area contributed by atoms with Crippen LogP contribution in [0, 0.1) is 11.3 Å². The molecule has 5 heteroatoms. The van der Waals surface area contributed by atoms with Crippen LogP contribution in [0.15, 0.2) is 49.3 Å². The van der Waals surface area contributed by atoms with Gasteiger partial charge in [0.2, 0.25) is 0 Å². The lowest BCUT2D eigenvalue weighted by Crippen LogP contribution is -2.37. The van der Waals surface area contributed by atoms with Crippen LogP contribution in [0.2, 0.25) is 0 Å². The first-order chi connectivity index (χ1) is 12.2. The van der Waals surface area contributed by atoms with Gasteiger partial charge in [-0.2, -0.15) is 10.4 Å². The maximum absolute atomic E-state index is 9.11. The molecule has 2 atom stereocenters. The molecule has 1 aromatic carbocycles. The van der Waals surface area contributed by atoms with E-state index in [1.54, 1.807) is 6.08 Å². The Kier molecular flexibility index (Phi) is 5.64. The van der Waals surface area contributed by atoms with Crippen LogP contribution in [0.3, 0.4) is 0 Å². The number of ether oxygens (including phenoxy) is 1. The lowest BCUT2D eigenvalue weighted by atomic mass is 10.0. The average Bonchev–Trinajstić information content (AvgIpc) is 3.20. The number of nitrogens with zero attached hydrogens (tertiary/aromatic N) is 4. The Labute approximate surface area is 149 Å². The van der Waals surface area contributed by atoms with Gasteiger partial charge in [-0.25, -0.2) is 0 Å². The fraction of sp³-hybridized carbons (Fsp3) is 0.400. The maximum atomic E-state index is 9.11. The smallest absolute Gasteiger partial charge is 0.0991 e. The summed E-state index contributed by atoms with van der Waals surface area (Å²) >= 11 is 0. The van der Waals surface area contributed by atoms with Crippen LogP contribution in [0.5, 0.6) is 0 Å². The van der Waals surface area contributed by atoms with Gasteiger partial charge in [-0.1, -0.05) is 18.2 Å². The Hall–Kier alpha value is -2.42. The first-order valence-electron chi connectivity index (χ1n) is 8.62. The van der Waals surface area contributed by atoms with Crippen LogP contribution in [0.1, 0.15) is 23.1 Å². The van der Waals surface area contributed by atoms with E-state index in [1.807, 2.05) is 36.1 Å². The standard InChI is InChI=1S/C20H24N4O/c1-3-9-25-20-7-8-24(15-17-6-4-5-16(10-17)12-21)19(20)11-18-13-22-23(2)14-18/h3-6,10,13-14,19-20H,1,7-9,11,15H2,2H3/t19-,20+/m0/s1. The van der Waals surface area contributed by atoms with Crippen molar-refractivity contribution in [3.05, 3.63) is 66.0 Å². The van der Waals surface area contributed by atoms with Crippen molar-refractivity contribution in [3.8, 4) is 6.07 Å². The van der Waals surface area contributed by atoms with E-state index in [-0.39, 0.29) is 6.10 Å². The van der Waals surface area contributed by atoms with Crippen LogP contribution >= 0.6 is 0 Å². The molecule has 1 aliphatic rings. The quantitative estimate of drug-likeness (QED) is 0.730. The minimum atomic E-state index is 0.192. The molecule has 0 aliphatic carbocycles. The highest BCUT2D eigenvalue weighted by molar-refractivity contribution is 5.32. The molecule has 130 valence electrons. The Bertz CT molecular complexity index is 761. The molecular weight excluding hydrogens is 312 g/mol. The molecule has 0 spiro atoms. The Morgan fingerprint density at radius 3 is 3.04 bits per heavy atom. The molecule has 2 aromatic rings. The Balaban J connectivity index is 1.75. The minimum Gasteiger partial charge on any atom is -0.372 e. The molecule has 1 saturated heterocycles. The first kappa shape index (κ1) is 17.4. The zero-order chi connectivity index (χ0) is 17.6. The van der Waals surface area contributed by atoms with Crippen LogP contribution in [-0.2, 0) is 24.8 Å². The summed E-state index contributed by atoms with van der Waals surface area (Å²) in [4.78, 5) is 2.46. The third-order valence-corrected chi connectivity index (χ3v) is 4.67. The van der Waals surface area contributed by atoms with Crippen molar-refractivity contribution in [3.63, 3.8) is 0 Å². The summed E-state index contributed by atoms with van der Waals surface area (Å²) in [6, 6.07) is 10.4. The summed E-state index contributed by atoms with van der Waals surface area (Å²) in [5.41, 5.74) is 3.09. The van der Waals surface area contributed by atoms with Gasteiger partial charge in [0.05, 0.1) is 30.5 Å². The molecule has 1 aliphatic heterocycles. The second kappa shape index (κ2) is 8.11. The molecule has 0 amide bonds. The minimum absolute atomic E-state index is 0.192. The molecule has 1 fully saturated rings. The number of aryl methyl sites for hydroxylation is 1. The molecule has 2 heterocycles. The Morgan fingerprint density at radius 2 is 2.32 bits per heavy atom. The molecule has 1 aromatic heterocycles. The van der Waals surface area contributed by atoms with Gasteiger partial charge in [-0.15, -0.1) is 6.58 Å². The predicted octanol–water partition coefficient (Wildman–Crippen LogP) is 2.68. The average molecular weight is 336 g/mol. The van der Waals surface area contributed by atoms with E-state index in [0.29, 0.717) is 18.2 Å². The lowest BCUT2D eigenvalue weighted by molar-refractivity contribution is 0.0421. The van der Waals surface area contributed by atoms with E-state index >= 15 is 0 Å². The van der Waals surface area contributed by atoms with Crippen molar-refractivity contribution in [2.75, 3.05) is 13.2 Å². The summed E-state index contributed by atoms with van der Waals surface area (Å²) in [7, 11) is 1.94. The van der Waals surface area contributed by atoms with E-state index in [2.05, 4.69) is 34.9 Å². The van der Waals surface area contributed by atoms with Gasteiger partial charge >= 0.3 is 0 Å². The number of hydrogen-bond acceptors (Lipinski definition) is 4. The van der Waals surface area contributed by atoms with Crippen molar-refractivity contribution in [2.24, 2.45) is 7.05 Å². The second-order valence-corrected chi connectivity index (χ2v) is 6.53. The number of aromatic nitrogens is 2. The molecule has 0 unspecified atom stereocenters. The largest absolute Gasteiger partial charge is 0.372 e. The SMILES string of the molecule is C=CCO[C@@H]1CCN(Cc2cccc(C#N)c2)[C@H]1Cc1cnn(C)c1. The summed E-state index contributed by atoms with van der Waals surface area (Å²) in [6.07, 6.45) is 7.91. The summed E-state index contributed by atoms with van der Waals surface area (Å²) in [6.45, 7) is 6.15. The number of rotatable bonds is 7. The fourth-order valence-electron chi connectivity index (χ4n) is 3.52. The van der Waals surface area contributed by atoms with Gasteiger partial charge in [0.1, 0.15) is 0 Å². The van der Waals surface area contributed by atoms with Gasteiger partial charge in [0.15, 0.2) is 0 Å². The molecule has 25 heavy (non-hydrogen) atoms. The molecule has 0 bridgehead atoms. The normalized spacial score (nSPS) is 20.5. The fourth-order valence-corrected chi connectivity index (χ4v) is 3.52. The molecule has 0 radical (unpaired) electrons. The number of benzene rings is 1. The van der Waals surface area contributed by atoms with Crippen molar-refractivity contribution in [1.29, 1.82) is 5.26 Å². The highest BCUT2D eigenvalue weighted by Gasteiger charge is 2.34. The van der Waals surface area contributed by atoms with E-state index in [1.165, 1.54) is 11.1 Å². The first-order valence-corrected chi connectivity index (χ1v) is 8.62. The van der Waals surface area contributed by atoms with E-state index < -0.39 is 0 Å². The molecule has 5 nitrogen and oxygen atoms in total. The van der Waals surface area contributed by atoms with E-state index in [9.17, 15) is 0 Å². The number of nitriles is 1. The van der Waals surface area contributed by atoms with Crippen molar-refractivity contribution in [1.82, 2.24) is 14.7 Å². The molecule has 0 N–H and O–H groups in total. The second-order valence-electron chi connectivity index (χ2n) is 6.53. The predicted molar refractivity (Wildman–Crippen MR) is 96.8 cm³/mol. The lowest BCUT2D eigenvalue weighted by Gasteiger charge is -2.28. The highest BCUT2D eigenvalue weighted by Crippen LogP contribution is 2.26. The van der Waals surface area contributed by atoms with Gasteiger partial charge in [0, 0.05) is 32.4 Å². The summed E-state index contributed by atoms with van der Waals surface area (Å²) < 4.78 is 7.86. The van der Waals surface area contributed by atoms with Crippen molar-refractivity contribution < 1.29 is 4.74 Å². The maximum Gasteiger partial charge on any atom is 0.0991 e. The van der Waals surface area contributed by atoms with Gasteiger partial charge < -0.3 is 4.74 Å². The Morgan fingerprint density at radius 1 is 1.44 bits per heavy atom. The van der Waals surface area contributed by atoms with Crippen LogP contribution in [0.25, 0.3) is 0 Å². The topological polar surface area (TPSA) is 54.1 Å². The molecule has 0 saturated carbocycles. The number of likely N-dealkylation sites (tertiary alicyclic amines) is 1. The zero-order valence-electron chi connectivity index (χ0n) is 14.6. The van der Waals surface area contributed by atoms with Crippen molar-refractivity contribution in [2.45, 2.75) is 31.5 Å². The van der Waals surface area contributed by atoms with Gasteiger partial charge in [0.25, 0.3) is 0 Å². The van der Waals surface area contributed by atoms with Crippen LogP contribution < -0.4 is 0 Å². The van der Waals surface area contributed by atoms with E-state index in [0.717, 1.165) is 25.9 Å². The van der Waals surface area contributed by atoms with Gasteiger partial charge in [-0.3, -0.25) is 9.58 Å². The summed E-state index contributed by atoms with van der Waals surface area (Å²) in [5, 5.41) is 13.4. The third-order valence-electron chi connectivity index (χ3n) is 4.67. The van der Waals surface area contributed by atoms with Crippen LogP contribution in [0.4, 0.5) is 0 Å². The number of hydrogen-bond donors (Lipinski definition) is 0. The van der Waals surface area contributed by atoms with E-state index in [4.69, 9.17) is 10.00 Å². The van der Waals surface area contributed by atoms with Crippen molar-refractivity contribution >= 4 is 0 Å². The zero-order valence-corrected chi connectivity index (χ0v) is 14.6. The molecule has 3 rings (SSSR count). The highest BCUT2D eigenvalue weighted by atomic mass is 16.5. The monoisotopic (exact) mass is 336 g/mol.